The number of benzene rings is 3. The van der Waals surface area contributed by atoms with Crippen LogP contribution in [0.3, 0.4) is 0 Å². The van der Waals surface area contributed by atoms with Crippen molar-refractivity contribution in [2.45, 2.75) is 0 Å². The normalized spacial score (nSPS) is 13.5. The summed E-state index contributed by atoms with van der Waals surface area (Å²) >= 11 is 0. The number of phenolic OH excluding ortho intramolecular Hbond substituents is 1. The zero-order valence-electron chi connectivity index (χ0n) is 12.0. The summed E-state index contributed by atoms with van der Waals surface area (Å²) in [6.07, 6.45) is 0. The first-order valence-electron chi connectivity index (χ1n) is 7.12. The third-order valence-electron chi connectivity index (χ3n) is 3.90. The molecule has 0 saturated heterocycles. The largest absolute Gasteiger partial charge is 0.507 e. The molecule has 3 aromatic rings. The van der Waals surface area contributed by atoms with E-state index in [0.29, 0.717) is 27.6 Å². The molecule has 0 spiro atoms. The second kappa shape index (κ2) is 4.84. The van der Waals surface area contributed by atoms with Crippen molar-refractivity contribution in [3.05, 3.63) is 71.8 Å². The number of hydrogen-bond acceptors (Lipinski definition) is 4. The lowest BCUT2D eigenvalue weighted by Crippen LogP contribution is -2.44. The topological polar surface area (TPSA) is 69.6 Å². The van der Waals surface area contributed by atoms with Gasteiger partial charge in [-0.2, -0.15) is 5.01 Å². The zero-order chi connectivity index (χ0) is 16.0. The highest BCUT2D eigenvalue weighted by Crippen LogP contribution is 2.34. The molecular formula is C18H12N2O3. The van der Waals surface area contributed by atoms with Gasteiger partial charge in [0.05, 0.1) is 16.8 Å². The molecule has 0 saturated carbocycles. The van der Waals surface area contributed by atoms with Gasteiger partial charge in [0.2, 0.25) is 0 Å². The van der Waals surface area contributed by atoms with E-state index in [1.54, 1.807) is 30.3 Å². The molecule has 3 aromatic carbocycles. The highest BCUT2D eigenvalue weighted by Gasteiger charge is 2.33. The maximum atomic E-state index is 12.7. The number of nitrogens with zero attached hydrogens (tertiary/aromatic N) is 1. The molecule has 1 aliphatic rings. The molecule has 0 aliphatic carbocycles. The number of hydrazine groups is 1. The Balaban J connectivity index is 1.87. The Bertz CT molecular complexity index is 929. The second-order valence-corrected chi connectivity index (χ2v) is 5.28. The molecule has 0 aromatic heterocycles. The van der Waals surface area contributed by atoms with Gasteiger partial charge in [-0.25, -0.2) is 0 Å². The van der Waals surface area contributed by atoms with E-state index in [0.717, 1.165) is 5.01 Å². The van der Waals surface area contributed by atoms with E-state index in [1.165, 1.54) is 12.1 Å². The summed E-state index contributed by atoms with van der Waals surface area (Å²) in [7, 11) is 0. The fourth-order valence-corrected chi connectivity index (χ4v) is 2.82. The first-order valence-corrected chi connectivity index (χ1v) is 7.12. The van der Waals surface area contributed by atoms with Gasteiger partial charge in [0.1, 0.15) is 5.75 Å². The average molecular weight is 304 g/mol. The van der Waals surface area contributed by atoms with E-state index in [-0.39, 0.29) is 5.75 Å². The Morgan fingerprint density at radius 3 is 2.22 bits per heavy atom. The lowest BCUT2D eigenvalue weighted by molar-refractivity contribution is 0.0649. The van der Waals surface area contributed by atoms with E-state index < -0.39 is 11.8 Å². The van der Waals surface area contributed by atoms with Crippen LogP contribution in [0.4, 0.5) is 5.69 Å². The molecule has 1 aliphatic heterocycles. The van der Waals surface area contributed by atoms with Crippen molar-refractivity contribution in [1.82, 2.24) is 5.01 Å². The molecule has 112 valence electrons. The van der Waals surface area contributed by atoms with Crippen LogP contribution in [-0.2, 0) is 0 Å². The molecule has 2 N–H and O–H groups in total. The van der Waals surface area contributed by atoms with E-state index in [4.69, 9.17) is 0 Å². The highest BCUT2D eigenvalue weighted by atomic mass is 16.3. The molecule has 4 rings (SSSR count). The minimum Gasteiger partial charge on any atom is -0.507 e. The van der Waals surface area contributed by atoms with Crippen molar-refractivity contribution >= 4 is 28.3 Å². The molecular weight excluding hydrogens is 292 g/mol. The predicted molar refractivity (Wildman–Crippen MR) is 86.2 cm³/mol. The van der Waals surface area contributed by atoms with Crippen LogP contribution in [0.2, 0.25) is 0 Å². The van der Waals surface area contributed by atoms with Crippen molar-refractivity contribution in [3.8, 4) is 5.75 Å². The lowest BCUT2D eigenvalue weighted by Gasteiger charge is -2.28. The molecule has 5 heteroatoms. The minimum atomic E-state index is -0.442. The third-order valence-corrected chi connectivity index (χ3v) is 3.90. The van der Waals surface area contributed by atoms with Crippen LogP contribution >= 0.6 is 0 Å². The quantitative estimate of drug-likeness (QED) is 0.713. The van der Waals surface area contributed by atoms with Crippen molar-refractivity contribution in [2.24, 2.45) is 0 Å². The van der Waals surface area contributed by atoms with Crippen LogP contribution in [-0.4, -0.2) is 21.9 Å². The minimum absolute atomic E-state index is 0.0515. The van der Waals surface area contributed by atoms with E-state index in [1.807, 2.05) is 18.2 Å². The number of nitrogens with one attached hydrogen (secondary N) is 1. The van der Waals surface area contributed by atoms with Crippen LogP contribution in [0, 0.1) is 0 Å². The van der Waals surface area contributed by atoms with E-state index >= 15 is 0 Å². The number of para-hydroxylation sites is 1. The Hall–Kier alpha value is -3.34. The van der Waals surface area contributed by atoms with Crippen molar-refractivity contribution < 1.29 is 14.7 Å². The van der Waals surface area contributed by atoms with Crippen molar-refractivity contribution in [3.63, 3.8) is 0 Å². The molecule has 2 amide bonds. The van der Waals surface area contributed by atoms with Gasteiger partial charge in [0.15, 0.2) is 0 Å². The SMILES string of the molecule is O=C1c2cccc3c(O)ccc(c23)C(=O)N1Nc1ccccc1. The number of carbonyl (C=O) groups excluding carboxylic acids is 2. The maximum absolute atomic E-state index is 12.7. The number of amides is 2. The fraction of sp³-hybridized carbons (Fsp3) is 0. The molecule has 0 unspecified atom stereocenters. The summed E-state index contributed by atoms with van der Waals surface area (Å²) in [5.74, 6) is -0.833. The third kappa shape index (κ3) is 1.94. The first-order chi connectivity index (χ1) is 11.2. The monoisotopic (exact) mass is 304 g/mol. The Labute approximate surface area is 131 Å². The fourth-order valence-electron chi connectivity index (χ4n) is 2.82. The summed E-state index contributed by atoms with van der Waals surface area (Å²) in [4.78, 5) is 25.4. The second-order valence-electron chi connectivity index (χ2n) is 5.28. The van der Waals surface area contributed by atoms with Crippen LogP contribution in [0.5, 0.6) is 5.75 Å². The van der Waals surface area contributed by atoms with Crippen LogP contribution < -0.4 is 5.43 Å². The molecule has 0 fully saturated rings. The molecule has 0 radical (unpaired) electrons. The van der Waals surface area contributed by atoms with Crippen molar-refractivity contribution in [1.29, 1.82) is 0 Å². The molecule has 0 atom stereocenters. The Morgan fingerprint density at radius 1 is 0.783 bits per heavy atom. The van der Waals surface area contributed by atoms with Gasteiger partial charge < -0.3 is 5.11 Å². The Kier molecular flexibility index (Phi) is 2.81. The summed E-state index contributed by atoms with van der Waals surface area (Å²) in [5.41, 5.74) is 4.26. The van der Waals surface area contributed by atoms with Gasteiger partial charge in [-0.3, -0.25) is 15.0 Å². The van der Waals surface area contributed by atoms with Gasteiger partial charge in [-0.1, -0.05) is 30.3 Å². The number of hydrogen-bond donors (Lipinski definition) is 2. The summed E-state index contributed by atoms with van der Waals surface area (Å²) < 4.78 is 0. The van der Waals surface area contributed by atoms with Crippen LogP contribution in [0.25, 0.3) is 10.8 Å². The number of imide groups is 1. The number of anilines is 1. The number of carbonyl (C=O) groups is 2. The van der Waals surface area contributed by atoms with Crippen LogP contribution in [0.15, 0.2) is 60.7 Å². The predicted octanol–water partition coefficient (Wildman–Crippen LogP) is 3.17. The summed E-state index contributed by atoms with van der Waals surface area (Å²) in [6.45, 7) is 0. The van der Waals surface area contributed by atoms with E-state index in [2.05, 4.69) is 5.43 Å². The first kappa shape index (κ1) is 13.3. The number of aromatic hydroxyl groups is 1. The smallest absolute Gasteiger partial charge is 0.280 e. The Morgan fingerprint density at radius 2 is 1.48 bits per heavy atom. The average Bonchev–Trinajstić information content (AvgIpc) is 2.59. The lowest BCUT2D eigenvalue weighted by atomic mass is 9.94. The number of rotatable bonds is 2. The summed E-state index contributed by atoms with van der Waals surface area (Å²) in [6, 6.07) is 17.1. The summed E-state index contributed by atoms with van der Waals surface area (Å²) in [5, 5.41) is 12.0. The molecule has 1 heterocycles. The van der Waals surface area contributed by atoms with Gasteiger partial charge in [-0.05, 0) is 30.3 Å². The van der Waals surface area contributed by atoms with Gasteiger partial charge >= 0.3 is 0 Å². The zero-order valence-corrected chi connectivity index (χ0v) is 12.0. The highest BCUT2D eigenvalue weighted by molar-refractivity contribution is 6.26. The molecule has 5 nitrogen and oxygen atoms in total. The molecule has 23 heavy (non-hydrogen) atoms. The van der Waals surface area contributed by atoms with E-state index in [9.17, 15) is 14.7 Å². The van der Waals surface area contributed by atoms with Gasteiger partial charge in [-0.15, -0.1) is 0 Å². The van der Waals surface area contributed by atoms with Crippen molar-refractivity contribution in [2.75, 3.05) is 5.43 Å². The molecule has 0 bridgehead atoms. The standard InChI is InChI=1S/C18H12N2O3/c21-15-10-9-14-16-12(15)7-4-8-13(16)17(22)20(18(14)23)19-11-5-2-1-3-6-11/h1-10,19,21H. The van der Waals surface area contributed by atoms with Gasteiger partial charge in [0.25, 0.3) is 11.8 Å². The van der Waals surface area contributed by atoms with Crippen LogP contribution in [0.1, 0.15) is 20.7 Å². The maximum Gasteiger partial charge on any atom is 0.280 e. The number of phenols is 1. The van der Waals surface area contributed by atoms with Gasteiger partial charge in [0, 0.05) is 10.8 Å².